The molecule has 0 aromatic heterocycles. The molecule has 0 amide bonds. The minimum atomic E-state index is 0.426. The van der Waals surface area contributed by atoms with Gasteiger partial charge < -0.3 is 5.32 Å². The average molecular weight is 235 g/mol. The monoisotopic (exact) mass is 235 g/mol. The summed E-state index contributed by atoms with van der Waals surface area (Å²) in [6.07, 6.45) is 1.31. The van der Waals surface area contributed by atoms with Crippen molar-refractivity contribution in [3.63, 3.8) is 0 Å². The van der Waals surface area contributed by atoms with E-state index in [0.29, 0.717) is 5.41 Å². The number of rotatable bonds is 5. The number of thioether (sulfide) groups is 1. The van der Waals surface area contributed by atoms with Gasteiger partial charge in [0.15, 0.2) is 0 Å². The second-order valence-corrected chi connectivity index (χ2v) is 6.09. The largest absolute Gasteiger partial charge is 0.315 e. The minimum absolute atomic E-state index is 0.426. The molecule has 0 aliphatic carbocycles. The van der Waals surface area contributed by atoms with Crippen LogP contribution in [0.2, 0.25) is 0 Å². The van der Waals surface area contributed by atoms with Crippen molar-refractivity contribution in [1.29, 1.82) is 0 Å². The summed E-state index contributed by atoms with van der Waals surface area (Å²) in [5.74, 6) is 2.52. The fourth-order valence-corrected chi connectivity index (χ4v) is 3.09. The highest BCUT2D eigenvalue weighted by atomic mass is 32.2. The fraction of sp³-hybridized carbons (Fsp3) is 0.571. The number of nitrogens with one attached hydrogen (secondary N) is 1. The minimum Gasteiger partial charge on any atom is -0.315 e. The zero-order chi connectivity index (χ0) is 11.4. The quantitative estimate of drug-likeness (QED) is 0.788. The number of aryl methyl sites for hydroxylation is 1. The van der Waals surface area contributed by atoms with Crippen LogP contribution in [0.3, 0.4) is 0 Å². The van der Waals surface area contributed by atoms with Crippen LogP contribution in [0.4, 0.5) is 0 Å². The van der Waals surface area contributed by atoms with Crippen LogP contribution in [0.25, 0.3) is 0 Å². The van der Waals surface area contributed by atoms with E-state index in [1.807, 2.05) is 0 Å². The van der Waals surface area contributed by atoms with Crippen LogP contribution in [0.5, 0.6) is 0 Å². The molecule has 0 saturated carbocycles. The van der Waals surface area contributed by atoms with Gasteiger partial charge in [-0.1, -0.05) is 36.8 Å². The Morgan fingerprint density at radius 3 is 2.44 bits per heavy atom. The van der Waals surface area contributed by atoms with E-state index in [9.17, 15) is 0 Å². The third-order valence-electron chi connectivity index (χ3n) is 3.52. The molecule has 16 heavy (non-hydrogen) atoms. The first-order chi connectivity index (χ1) is 7.77. The summed E-state index contributed by atoms with van der Waals surface area (Å²) in [5.41, 5.74) is 3.30. The molecule has 0 spiro atoms. The number of benzene rings is 1. The van der Waals surface area contributed by atoms with Crippen molar-refractivity contribution in [2.24, 2.45) is 0 Å². The lowest BCUT2D eigenvalue weighted by molar-refractivity contribution is 0.269. The molecule has 0 bridgehead atoms. The van der Waals surface area contributed by atoms with E-state index < -0.39 is 0 Å². The maximum Gasteiger partial charge on any atom is 0.0210 e. The molecule has 1 aromatic carbocycles. The Hall–Kier alpha value is -0.470. The summed E-state index contributed by atoms with van der Waals surface area (Å²) in [4.78, 5) is 0. The highest BCUT2D eigenvalue weighted by Gasteiger charge is 2.37. The lowest BCUT2D eigenvalue weighted by Crippen LogP contribution is -2.57. The Labute approximate surface area is 103 Å². The first kappa shape index (κ1) is 12.0. The van der Waals surface area contributed by atoms with Crippen LogP contribution in [0, 0.1) is 6.92 Å². The van der Waals surface area contributed by atoms with Crippen LogP contribution in [-0.4, -0.2) is 24.6 Å². The fourth-order valence-electron chi connectivity index (χ4n) is 2.27. The second-order valence-electron chi connectivity index (χ2n) is 4.70. The van der Waals surface area contributed by atoms with E-state index in [0.717, 1.165) is 13.1 Å². The Bertz CT molecular complexity index is 327. The Kier molecular flexibility index (Phi) is 3.93. The van der Waals surface area contributed by atoms with E-state index in [1.54, 1.807) is 0 Å². The summed E-state index contributed by atoms with van der Waals surface area (Å²) in [6.45, 7) is 6.70. The molecule has 1 heterocycles. The molecule has 0 unspecified atom stereocenters. The van der Waals surface area contributed by atoms with Gasteiger partial charge in [0.2, 0.25) is 0 Å². The van der Waals surface area contributed by atoms with Gasteiger partial charge in [-0.25, -0.2) is 0 Å². The molecule has 1 aliphatic heterocycles. The number of hydrogen-bond donors (Lipinski definition) is 1. The number of hydrogen-bond acceptors (Lipinski definition) is 2. The van der Waals surface area contributed by atoms with E-state index in [2.05, 4.69) is 55.2 Å². The molecule has 88 valence electrons. The Morgan fingerprint density at radius 1 is 1.25 bits per heavy atom. The average Bonchev–Trinajstić information content (AvgIpc) is 2.24. The van der Waals surface area contributed by atoms with Gasteiger partial charge in [-0.2, -0.15) is 11.8 Å². The topological polar surface area (TPSA) is 12.0 Å². The van der Waals surface area contributed by atoms with Crippen molar-refractivity contribution in [2.45, 2.75) is 25.7 Å². The van der Waals surface area contributed by atoms with Gasteiger partial charge in [0.05, 0.1) is 0 Å². The molecular formula is C14H21NS. The SMILES string of the molecule is CCSCCC1(c2ccc(C)cc2)CNC1. The molecule has 1 aromatic rings. The predicted octanol–water partition coefficient (Wildman–Crippen LogP) is 2.98. The van der Waals surface area contributed by atoms with E-state index in [4.69, 9.17) is 0 Å². The maximum atomic E-state index is 3.43. The first-order valence-electron chi connectivity index (χ1n) is 6.12. The van der Waals surface area contributed by atoms with Gasteiger partial charge in [0.1, 0.15) is 0 Å². The predicted molar refractivity (Wildman–Crippen MR) is 73.3 cm³/mol. The summed E-state index contributed by atoms with van der Waals surface area (Å²) in [6, 6.07) is 9.10. The van der Waals surface area contributed by atoms with Crippen molar-refractivity contribution in [3.8, 4) is 0 Å². The standard InChI is InChI=1S/C14H21NS/c1-3-16-9-8-14(10-15-11-14)13-6-4-12(2)5-7-13/h4-7,15H,3,8-11H2,1-2H3. The molecule has 0 atom stereocenters. The van der Waals surface area contributed by atoms with Crippen molar-refractivity contribution in [1.82, 2.24) is 5.32 Å². The van der Waals surface area contributed by atoms with Gasteiger partial charge in [-0.05, 0) is 30.4 Å². The van der Waals surface area contributed by atoms with E-state index >= 15 is 0 Å². The van der Waals surface area contributed by atoms with Crippen LogP contribution < -0.4 is 5.32 Å². The second kappa shape index (κ2) is 5.24. The normalized spacial score (nSPS) is 18.1. The molecular weight excluding hydrogens is 214 g/mol. The van der Waals surface area contributed by atoms with Crippen molar-refractivity contribution >= 4 is 11.8 Å². The molecule has 1 fully saturated rings. The molecule has 2 rings (SSSR count). The smallest absolute Gasteiger partial charge is 0.0210 e. The van der Waals surface area contributed by atoms with Crippen LogP contribution in [0.1, 0.15) is 24.5 Å². The molecule has 1 aliphatic rings. The van der Waals surface area contributed by atoms with Crippen LogP contribution in [0.15, 0.2) is 24.3 Å². The molecule has 1 nitrogen and oxygen atoms in total. The molecule has 1 N–H and O–H groups in total. The van der Waals surface area contributed by atoms with Crippen LogP contribution >= 0.6 is 11.8 Å². The third-order valence-corrected chi connectivity index (χ3v) is 4.42. The highest BCUT2D eigenvalue weighted by molar-refractivity contribution is 7.99. The van der Waals surface area contributed by atoms with Crippen LogP contribution in [-0.2, 0) is 5.41 Å². The van der Waals surface area contributed by atoms with Crippen molar-refractivity contribution in [3.05, 3.63) is 35.4 Å². The van der Waals surface area contributed by atoms with E-state index in [1.165, 1.54) is 29.1 Å². The van der Waals surface area contributed by atoms with Gasteiger partial charge in [0, 0.05) is 18.5 Å². The van der Waals surface area contributed by atoms with E-state index in [-0.39, 0.29) is 0 Å². The third kappa shape index (κ3) is 2.44. The zero-order valence-corrected chi connectivity index (χ0v) is 11.1. The first-order valence-corrected chi connectivity index (χ1v) is 7.28. The van der Waals surface area contributed by atoms with Crippen molar-refractivity contribution in [2.75, 3.05) is 24.6 Å². The molecule has 0 radical (unpaired) electrons. The lowest BCUT2D eigenvalue weighted by atomic mass is 9.73. The summed E-state index contributed by atoms with van der Waals surface area (Å²) in [5, 5.41) is 3.43. The Morgan fingerprint density at radius 2 is 1.94 bits per heavy atom. The summed E-state index contributed by atoms with van der Waals surface area (Å²) >= 11 is 2.05. The van der Waals surface area contributed by atoms with Gasteiger partial charge in [-0.15, -0.1) is 0 Å². The maximum absolute atomic E-state index is 3.43. The summed E-state index contributed by atoms with van der Waals surface area (Å²) < 4.78 is 0. The van der Waals surface area contributed by atoms with Gasteiger partial charge in [0.25, 0.3) is 0 Å². The Balaban J connectivity index is 2.05. The lowest BCUT2D eigenvalue weighted by Gasteiger charge is -2.43. The summed E-state index contributed by atoms with van der Waals surface area (Å²) in [7, 11) is 0. The highest BCUT2D eigenvalue weighted by Crippen LogP contribution is 2.33. The zero-order valence-electron chi connectivity index (χ0n) is 10.3. The van der Waals surface area contributed by atoms with Gasteiger partial charge >= 0.3 is 0 Å². The molecule has 2 heteroatoms. The molecule has 1 saturated heterocycles. The van der Waals surface area contributed by atoms with Gasteiger partial charge in [-0.3, -0.25) is 0 Å². The van der Waals surface area contributed by atoms with Crippen molar-refractivity contribution < 1.29 is 0 Å².